The van der Waals surface area contributed by atoms with Crippen molar-refractivity contribution in [1.82, 2.24) is 15.1 Å². The molecule has 0 spiro atoms. The van der Waals surface area contributed by atoms with Crippen LogP contribution in [0.2, 0.25) is 0 Å². The molecular formula is C14H23N3. The molecule has 0 amide bonds. The molecule has 0 radical (unpaired) electrons. The molecule has 0 aliphatic heterocycles. The first-order valence-electron chi connectivity index (χ1n) is 7.01. The number of nitrogens with zero attached hydrogens (tertiary/aromatic N) is 2. The van der Waals surface area contributed by atoms with Crippen molar-refractivity contribution in [3.63, 3.8) is 0 Å². The maximum atomic E-state index is 4.20. The Labute approximate surface area is 104 Å². The highest BCUT2D eigenvalue weighted by atomic mass is 15.2. The van der Waals surface area contributed by atoms with Crippen molar-refractivity contribution >= 4 is 0 Å². The van der Waals surface area contributed by atoms with Gasteiger partial charge in [0.25, 0.3) is 0 Å². The van der Waals surface area contributed by atoms with E-state index in [1.54, 1.807) is 0 Å². The Morgan fingerprint density at radius 3 is 2.59 bits per heavy atom. The van der Waals surface area contributed by atoms with Gasteiger partial charge in [-0.3, -0.25) is 4.68 Å². The quantitative estimate of drug-likeness (QED) is 0.730. The molecule has 17 heavy (non-hydrogen) atoms. The van der Waals surface area contributed by atoms with Gasteiger partial charge in [-0.1, -0.05) is 0 Å². The molecule has 1 heterocycles. The molecule has 2 aliphatic carbocycles. The van der Waals surface area contributed by atoms with Crippen LogP contribution in [-0.4, -0.2) is 22.9 Å². The molecule has 0 unspecified atom stereocenters. The van der Waals surface area contributed by atoms with Crippen LogP contribution in [0, 0.1) is 17.8 Å². The van der Waals surface area contributed by atoms with Crippen LogP contribution in [-0.2, 0) is 13.5 Å². The summed E-state index contributed by atoms with van der Waals surface area (Å²) in [5.41, 5.74) is 1.34. The SMILES string of the molecule is Cn1cc(CCNCC(C2CC2)C2CC2)cn1. The largest absolute Gasteiger partial charge is 0.316 e. The molecule has 2 saturated carbocycles. The summed E-state index contributed by atoms with van der Waals surface area (Å²) in [6.45, 7) is 2.34. The third-order valence-electron chi connectivity index (χ3n) is 4.18. The minimum atomic E-state index is 0.990. The maximum absolute atomic E-state index is 4.20. The predicted molar refractivity (Wildman–Crippen MR) is 68.7 cm³/mol. The molecule has 3 rings (SSSR count). The first kappa shape index (κ1) is 11.3. The number of aryl methyl sites for hydroxylation is 1. The van der Waals surface area contributed by atoms with Gasteiger partial charge < -0.3 is 5.32 Å². The smallest absolute Gasteiger partial charge is 0.0522 e. The van der Waals surface area contributed by atoms with Gasteiger partial charge in [0, 0.05) is 13.2 Å². The summed E-state index contributed by atoms with van der Waals surface area (Å²) in [6, 6.07) is 0. The summed E-state index contributed by atoms with van der Waals surface area (Å²) in [4.78, 5) is 0. The molecule has 2 aliphatic rings. The highest BCUT2D eigenvalue weighted by molar-refractivity contribution is 5.04. The van der Waals surface area contributed by atoms with Gasteiger partial charge in [0.1, 0.15) is 0 Å². The van der Waals surface area contributed by atoms with E-state index in [9.17, 15) is 0 Å². The van der Waals surface area contributed by atoms with E-state index in [-0.39, 0.29) is 0 Å². The van der Waals surface area contributed by atoms with Crippen LogP contribution in [0.25, 0.3) is 0 Å². The Hall–Kier alpha value is -0.830. The van der Waals surface area contributed by atoms with Gasteiger partial charge in [0.2, 0.25) is 0 Å². The van der Waals surface area contributed by atoms with Crippen LogP contribution in [0.3, 0.4) is 0 Å². The Morgan fingerprint density at radius 1 is 1.35 bits per heavy atom. The Balaban J connectivity index is 1.36. The van der Waals surface area contributed by atoms with E-state index in [4.69, 9.17) is 0 Å². The Morgan fingerprint density at radius 2 is 2.06 bits per heavy atom. The maximum Gasteiger partial charge on any atom is 0.0522 e. The van der Waals surface area contributed by atoms with Crippen molar-refractivity contribution in [2.75, 3.05) is 13.1 Å². The second-order valence-corrected chi connectivity index (χ2v) is 5.82. The summed E-state index contributed by atoms with van der Waals surface area (Å²) in [7, 11) is 1.98. The molecule has 1 N–H and O–H groups in total. The number of hydrogen-bond donors (Lipinski definition) is 1. The first-order chi connectivity index (χ1) is 8.33. The van der Waals surface area contributed by atoms with Gasteiger partial charge in [-0.15, -0.1) is 0 Å². The van der Waals surface area contributed by atoms with E-state index < -0.39 is 0 Å². The van der Waals surface area contributed by atoms with Crippen LogP contribution in [0.1, 0.15) is 31.2 Å². The molecule has 0 aromatic carbocycles. The Kier molecular flexibility index (Phi) is 3.19. The van der Waals surface area contributed by atoms with E-state index in [0.717, 1.165) is 30.7 Å². The van der Waals surface area contributed by atoms with E-state index in [1.165, 1.54) is 37.8 Å². The number of aromatic nitrogens is 2. The lowest BCUT2D eigenvalue weighted by Gasteiger charge is -2.15. The van der Waals surface area contributed by atoms with Gasteiger partial charge in [0.05, 0.1) is 6.20 Å². The highest BCUT2D eigenvalue weighted by Gasteiger charge is 2.40. The zero-order valence-corrected chi connectivity index (χ0v) is 10.7. The van der Waals surface area contributed by atoms with Crippen LogP contribution in [0.5, 0.6) is 0 Å². The molecule has 0 bridgehead atoms. The lowest BCUT2D eigenvalue weighted by molar-refractivity contribution is 0.380. The zero-order valence-electron chi connectivity index (χ0n) is 10.7. The first-order valence-corrected chi connectivity index (χ1v) is 7.01. The van der Waals surface area contributed by atoms with Gasteiger partial charge in [-0.05, 0) is 68.5 Å². The number of rotatable bonds is 7. The Bertz CT molecular complexity index is 351. The normalized spacial score (nSPS) is 20.1. The standard InChI is InChI=1S/C14H23N3/c1-17-10-11(8-16-17)6-7-15-9-14(12-2-3-12)13-4-5-13/h8,10,12-15H,2-7,9H2,1H3. The van der Waals surface area contributed by atoms with E-state index in [2.05, 4.69) is 16.6 Å². The fraction of sp³-hybridized carbons (Fsp3) is 0.786. The van der Waals surface area contributed by atoms with Crippen LogP contribution in [0.15, 0.2) is 12.4 Å². The van der Waals surface area contributed by atoms with Crippen LogP contribution < -0.4 is 5.32 Å². The fourth-order valence-electron chi connectivity index (χ4n) is 2.87. The lowest BCUT2D eigenvalue weighted by Crippen LogP contribution is -2.27. The molecule has 0 saturated heterocycles. The highest BCUT2D eigenvalue weighted by Crippen LogP contribution is 2.48. The zero-order chi connectivity index (χ0) is 11.7. The summed E-state index contributed by atoms with van der Waals surface area (Å²) in [5.74, 6) is 3.12. The molecule has 2 fully saturated rings. The fourth-order valence-corrected chi connectivity index (χ4v) is 2.87. The van der Waals surface area contributed by atoms with Crippen molar-refractivity contribution in [3.8, 4) is 0 Å². The second kappa shape index (κ2) is 4.81. The molecular weight excluding hydrogens is 210 g/mol. The van der Waals surface area contributed by atoms with Crippen LogP contribution in [0.4, 0.5) is 0 Å². The summed E-state index contributed by atoms with van der Waals surface area (Å²) >= 11 is 0. The lowest BCUT2D eigenvalue weighted by atomic mass is 9.98. The summed E-state index contributed by atoms with van der Waals surface area (Å²) in [6.07, 6.45) is 11.2. The average Bonchev–Trinajstić information content (AvgIpc) is 3.20. The number of nitrogens with one attached hydrogen (secondary N) is 1. The van der Waals surface area contributed by atoms with Crippen LogP contribution >= 0.6 is 0 Å². The second-order valence-electron chi connectivity index (χ2n) is 5.82. The van der Waals surface area contributed by atoms with Gasteiger partial charge in [-0.25, -0.2) is 0 Å². The minimum absolute atomic E-state index is 0.990. The molecule has 1 aromatic heterocycles. The molecule has 1 aromatic rings. The van der Waals surface area contributed by atoms with Crippen molar-refractivity contribution < 1.29 is 0 Å². The summed E-state index contributed by atoms with van der Waals surface area (Å²) < 4.78 is 1.88. The number of hydrogen-bond acceptors (Lipinski definition) is 2. The molecule has 94 valence electrons. The molecule has 3 heteroatoms. The van der Waals surface area contributed by atoms with Crippen molar-refractivity contribution in [2.24, 2.45) is 24.8 Å². The predicted octanol–water partition coefficient (Wildman–Crippen LogP) is 1.99. The average molecular weight is 233 g/mol. The monoisotopic (exact) mass is 233 g/mol. The van der Waals surface area contributed by atoms with Gasteiger partial charge in [-0.2, -0.15) is 5.10 Å². The van der Waals surface area contributed by atoms with Gasteiger partial charge >= 0.3 is 0 Å². The molecule has 3 nitrogen and oxygen atoms in total. The minimum Gasteiger partial charge on any atom is -0.316 e. The van der Waals surface area contributed by atoms with Crippen molar-refractivity contribution in [2.45, 2.75) is 32.1 Å². The molecule has 0 atom stereocenters. The third-order valence-corrected chi connectivity index (χ3v) is 4.18. The topological polar surface area (TPSA) is 29.9 Å². The van der Waals surface area contributed by atoms with E-state index in [1.807, 2.05) is 17.9 Å². The van der Waals surface area contributed by atoms with E-state index in [0.29, 0.717) is 0 Å². The summed E-state index contributed by atoms with van der Waals surface area (Å²) in [5, 5.41) is 7.84. The van der Waals surface area contributed by atoms with Crippen molar-refractivity contribution in [1.29, 1.82) is 0 Å². The van der Waals surface area contributed by atoms with E-state index >= 15 is 0 Å². The van der Waals surface area contributed by atoms with Crippen molar-refractivity contribution in [3.05, 3.63) is 18.0 Å². The third kappa shape index (κ3) is 3.09. The van der Waals surface area contributed by atoms with Gasteiger partial charge in [0.15, 0.2) is 0 Å².